The molecule has 2 fully saturated rings. The molecule has 0 radical (unpaired) electrons. The molecular formula is C26H23N2O3+. The molecule has 0 atom stereocenters. The molecule has 154 valence electrons. The topological polar surface area (TPSA) is 55.1 Å². The van der Waals surface area contributed by atoms with Crippen LogP contribution in [-0.4, -0.2) is 37.1 Å². The first-order chi connectivity index (χ1) is 23.9. The normalized spacial score (nSPS) is 35.7. The summed E-state index contributed by atoms with van der Waals surface area (Å²) in [6.45, 7) is -13.1. The standard InChI is InChI=1S/C26H22N2O3/c29-26(30)20-6-2-1-5-19(20)25-21-9-7-17(27-11-3-12-27)15-23(21)31-24-16-18(8-10-22(24)25)28-13-4-14-28/h1-2,5-10,15-16H,3-4,11-14H2/p+1/i1D,2D,3D2,4D2,5D,6D,7D,8D,9D,10D,11D2,12D2,13D2,14D2,15D,16D. The zero-order chi connectivity index (χ0) is 40.4. The molecule has 0 aliphatic carbocycles. The van der Waals surface area contributed by atoms with Crippen molar-refractivity contribution in [3.63, 3.8) is 0 Å². The fraction of sp³-hybridized carbons (Fsp3) is 0.231. The largest absolute Gasteiger partial charge is 0.478 e. The van der Waals surface area contributed by atoms with Gasteiger partial charge in [-0.1, -0.05) is 18.1 Å². The molecule has 0 saturated carbocycles. The number of aromatic carboxylic acids is 1. The van der Waals surface area contributed by atoms with Gasteiger partial charge in [0, 0.05) is 59.4 Å². The van der Waals surface area contributed by atoms with E-state index in [1.54, 1.807) is 0 Å². The average molecular weight is 434 g/mol. The van der Waals surface area contributed by atoms with Gasteiger partial charge in [-0.05, 0) is 48.5 Å². The Morgan fingerprint density at radius 3 is 1.97 bits per heavy atom. The number of fused-ring (bicyclic) bond motifs is 2. The Kier molecular flexibility index (Phi) is 1.45. The van der Waals surface area contributed by atoms with Crippen molar-refractivity contribution in [3.8, 4) is 11.1 Å². The van der Waals surface area contributed by atoms with Gasteiger partial charge < -0.3 is 14.9 Å². The van der Waals surface area contributed by atoms with Crippen molar-refractivity contribution in [1.29, 1.82) is 0 Å². The summed E-state index contributed by atoms with van der Waals surface area (Å²) in [4.78, 5) is 12.7. The minimum atomic E-state index is -3.28. The van der Waals surface area contributed by atoms with E-state index >= 15 is 0 Å². The summed E-state index contributed by atoms with van der Waals surface area (Å²) < 4.78 is 191. The monoisotopic (exact) mass is 433 g/mol. The maximum atomic E-state index is 12.7. The smallest absolute Gasteiger partial charge is 0.363 e. The first-order valence-electron chi connectivity index (χ1n) is 19.7. The number of rotatable bonds is 4. The van der Waals surface area contributed by atoms with Crippen LogP contribution in [0.25, 0.3) is 33.1 Å². The van der Waals surface area contributed by atoms with Crippen LogP contribution in [0, 0.1) is 0 Å². The lowest BCUT2D eigenvalue weighted by atomic mass is 9.93. The average Bonchev–Trinajstić information content (AvgIpc) is 3.04. The van der Waals surface area contributed by atoms with E-state index in [1.165, 1.54) is 0 Å². The summed E-state index contributed by atoms with van der Waals surface area (Å²) in [5, 5.41) is 8.47. The van der Waals surface area contributed by atoms with Crippen LogP contribution in [0.3, 0.4) is 0 Å². The molecule has 4 aromatic rings. The first-order valence-corrected chi connectivity index (χ1v) is 8.68. The van der Waals surface area contributed by atoms with Crippen molar-refractivity contribution in [3.05, 3.63) is 66.0 Å². The van der Waals surface area contributed by atoms with E-state index in [4.69, 9.17) is 34.6 Å². The molecule has 2 aliphatic heterocycles. The number of hydrogen-bond donors (Lipinski definition) is 1. The molecule has 0 bridgehead atoms. The van der Waals surface area contributed by atoms with E-state index in [1.807, 2.05) is 0 Å². The third-order valence-electron chi connectivity index (χ3n) is 4.50. The summed E-state index contributed by atoms with van der Waals surface area (Å²) in [7, 11) is 0. The van der Waals surface area contributed by atoms with Crippen molar-refractivity contribution in [2.24, 2.45) is 0 Å². The maximum absolute atomic E-state index is 12.7. The van der Waals surface area contributed by atoms with E-state index in [0.29, 0.717) is 0 Å². The molecule has 6 rings (SSSR count). The minimum absolute atomic E-state index is 0.0416. The third-order valence-corrected chi connectivity index (χ3v) is 4.50. The number of carboxylic acids is 1. The van der Waals surface area contributed by atoms with E-state index in [0.717, 1.165) is 0 Å². The van der Waals surface area contributed by atoms with Gasteiger partial charge in [0.15, 0.2) is 0 Å². The van der Waals surface area contributed by atoms with Gasteiger partial charge in [-0.25, -0.2) is 9.21 Å². The zero-order valence-corrected chi connectivity index (χ0v) is 15.2. The van der Waals surface area contributed by atoms with Crippen LogP contribution in [0.15, 0.2) is 64.8 Å². The lowest BCUT2D eigenvalue weighted by Crippen LogP contribution is -2.36. The predicted octanol–water partition coefficient (Wildman–Crippen LogP) is 5.65. The zero-order valence-electron chi connectivity index (χ0n) is 37.2. The van der Waals surface area contributed by atoms with Crippen molar-refractivity contribution >= 4 is 39.3 Å². The van der Waals surface area contributed by atoms with Gasteiger partial charge in [0.2, 0.25) is 0 Å². The highest BCUT2D eigenvalue weighted by Gasteiger charge is 2.26. The third kappa shape index (κ3) is 2.92. The molecule has 0 unspecified atom stereocenters. The Morgan fingerprint density at radius 1 is 0.871 bits per heavy atom. The summed E-state index contributed by atoms with van der Waals surface area (Å²) in [6, 6.07) is -11.5. The Balaban J connectivity index is 1.92. The lowest BCUT2D eigenvalue weighted by molar-refractivity contribution is 0.0697. The summed E-state index contributed by atoms with van der Waals surface area (Å²) in [6.07, 6.45) is -6.53. The van der Waals surface area contributed by atoms with Gasteiger partial charge in [0.25, 0.3) is 0 Å². The fourth-order valence-electron chi connectivity index (χ4n) is 3.07. The van der Waals surface area contributed by atoms with Crippen LogP contribution in [0.5, 0.6) is 0 Å². The molecule has 0 amide bonds. The molecule has 1 aromatic heterocycles. The van der Waals surface area contributed by atoms with E-state index in [2.05, 4.69) is 0 Å². The molecule has 1 N–H and O–H groups in total. The SMILES string of the molecule is [2H]c1c([2H])c([2H])c(-c2c3c([2H])c([2H])c(N4C([2H])([2H])C([2H])([2H])C4([2H])[2H])c([2H])c3[o+]c3c([2H])c(N4C([2H])([2H])C([2H])([2H])C4([2H])[2H])c([2H])c([2H])c23)c(C(=O)O)c1[2H]. The van der Waals surface area contributed by atoms with Crippen LogP contribution in [0.1, 0.15) is 53.3 Å². The second kappa shape index (κ2) is 6.98. The number of anilines is 2. The number of nitrogens with zero attached hydrogens (tertiary/aromatic N) is 2. The molecule has 31 heavy (non-hydrogen) atoms. The van der Waals surface area contributed by atoms with Gasteiger partial charge in [-0.2, -0.15) is 0 Å². The van der Waals surface area contributed by atoms with Crippen LogP contribution in [-0.2, 0) is 0 Å². The summed E-state index contributed by atoms with van der Waals surface area (Å²) >= 11 is 0. The molecule has 3 aromatic carbocycles. The highest BCUT2D eigenvalue weighted by atomic mass is 16.4. The first kappa shape index (κ1) is 6.45. The van der Waals surface area contributed by atoms with Gasteiger partial charge in [-0.3, -0.25) is 0 Å². The van der Waals surface area contributed by atoms with Crippen LogP contribution in [0.4, 0.5) is 11.4 Å². The summed E-state index contributed by atoms with van der Waals surface area (Å²) in [5.41, 5.74) is -7.35. The molecule has 5 heteroatoms. The highest BCUT2D eigenvalue weighted by molar-refractivity contribution is 6.12. The number of benzene rings is 3. The number of carbonyl (C=O) groups is 1. The Bertz CT molecular complexity index is 2220. The second-order valence-electron chi connectivity index (χ2n) is 6.26. The molecule has 0 spiro atoms. The van der Waals surface area contributed by atoms with Crippen LogP contribution in [0.2, 0.25) is 0 Å². The van der Waals surface area contributed by atoms with Crippen molar-refractivity contribution in [2.45, 2.75) is 12.7 Å². The highest BCUT2D eigenvalue weighted by Crippen LogP contribution is 2.41. The quantitative estimate of drug-likeness (QED) is 0.333. The summed E-state index contributed by atoms with van der Waals surface area (Å²) in [5.74, 6) is -2.00. The van der Waals surface area contributed by atoms with E-state index in [9.17, 15) is 9.90 Å². The molecule has 2 aliphatic rings. The Morgan fingerprint density at radius 2 is 1.42 bits per heavy atom. The molecule has 5 nitrogen and oxygen atoms in total. The molecule has 3 heterocycles. The van der Waals surface area contributed by atoms with Gasteiger partial charge in [-0.15, -0.1) is 0 Å². The van der Waals surface area contributed by atoms with Crippen molar-refractivity contribution in [1.82, 2.24) is 0 Å². The Labute approximate surface area is 211 Å². The van der Waals surface area contributed by atoms with E-state index in [-0.39, 0.29) is 9.80 Å². The lowest BCUT2D eigenvalue weighted by Gasteiger charge is -2.33. The predicted molar refractivity (Wildman–Crippen MR) is 124 cm³/mol. The van der Waals surface area contributed by atoms with Gasteiger partial charge >= 0.3 is 17.1 Å². The second-order valence-corrected chi connectivity index (χ2v) is 6.26. The van der Waals surface area contributed by atoms with Gasteiger partial charge in [0.1, 0.15) is 0 Å². The van der Waals surface area contributed by atoms with Crippen molar-refractivity contribution < 1.29 is 44.5 Å². The minimum Gasteiger partial charge on any atom is -0.478 e. The molecular weight excluding hydrogens is 388 g/mol. The van der Waals surface area contributed by atoms with Crippen molar-refractivity contribution in [2.75, 3.05) is 35.8 Å². The Hall–Kier alpha value is -3.60. The van der Waals surface area contributed by atoms with Gasteiger partial charge in [0.05, 0.1) is 42.1 Å². The maximum Gasteiger partial charge on any atom is 0.363 e. The molecule has 2 saturated heterocycles. The number of carboxylic acid groups (broad SMARTS) is 1. The van der Waals surface area contributed by atoms with Crippen LogP contribution >= 0.6 is 0 Å². The van der Waals surface area contributed by atoms with Crippen LogP contribution < -0.4 is 9.80 Å². The van der Waals surface area contributed by atoms with E-state index < -0.39 is 155 Å². The fourth-order valence-corrected chi connectivity index (χ4v) is 3.07. The number of hydrogen-bond acceptors (Lipinski definition) is 3.